The Morgan fingerprint density at radius 2 is 2.03 bits per heavy atom. The van der Waals surface area contributed by atoms with Crippen LogP contribution in [0.4, 0.5) is 10.6 Å². The zero-order chi connectivity index (χ0) is 22.2. The van der Waals surface area contributed by atoms with E-state index in [0.29, 0.717) is 24.4 Å². The lowest BCUT2D eigenvalue weighted by Gasteiger charge is -2.41. The minimum Gasteiger partial charge on any atom is -0.408 e. The van der Waals surface area contributed by atoms with E-state index in [1.54, 1.807) is 0 Å². The molecule has 31 heavy (non-hydrogen) atoms. The van der Waals surface area contributed by atoms with Crippen LogP contribution in [-0.2, 0) is 11.2 Å². The first-order valence-electron chi connectivity index (χ1n) is 11.5. The van der Waals surface area contributed by atoms with E-state index < -0.39 is 6.09 Å². The molecule has 1 aromatic heterocycles. The van der Waals surface area contributed by atoms with Crippen LogP contribution >= 0.6 is 0 Å². The van der Waals surface area contributed by atoms with Gasteiger partial charge in [0.15, 0.2) is 5.75 Å². The summed E-state index contributed by atoms with van der Waals surface area (Å²) in [6.07, 6.45) is 5.69. The van der Waals surface area contributed by atoms with Crippen molar-refractivity contribution in [3.8, 4) is 5.75 Å². The molecule has 2 amide bonds. The number of aliphatic hydroxyl groups is 1. The van der Waals surface area contributed by atoms with Crippen molar-refractivity contribution in [2.45, 2.75) is 77.4 Å². The monoisotopic (exact) mass is 430 g/mol. The van der Waals surface area contributed by atoms with Crippen molar-refractivity contribution in [2.24, 2.45) is 11.1 Å². The summed E-state index contributed by atoms with van der Waals surface area (Å²) < 4.78 is 5.19. The van der Waals surface area contributed by atoms with Crippen LogP contribution in [0.3, 0.4) is 0 Å². The number of nitrogens with zero attached hydrogens (tertiary/aromatic N) is 3. The highest BCUT2D eigenvalue weighted by Gasteiger charge is 2.50. The van der Waals surface area contributed by atoms with Crippen molar-refractivity contribution in [3.63, 3.8) is 0 Å². The number of likely N-dealkylation sites (tertiary alicyclic amines) is 1. The number of amides is 2. The smallest absolute Gasteiger partial charge is 0.408 e. The Labute approximate surface area is 183 Å². The van der Waals surface area contributed by atoms with Crippen LogP contribution in [0.2, 0.25) is 0 Å². The molecular formula is C23H34N4O4. The summed E-state index contributed by atoms with van der Waals surface area (Å²) in [4.78, 5) is 33.9. The highest BCUT2D eigenvalue weighted by molar-refractivity contribution is 5.86. The van der Waals surface area contributed by atoms with Crippen LogP contribution in [0.15, 0.2) is 6.07 Å². The van der Waals surface area contributed by atoms with E-state index in [-0.39, 0.29) is 23.5 Å². The Hall–Kier alpha value is -2.35. The number of ether oxygens (including phenoxy) is 1. The summed E-state index contributed by atoms with van der Waals surface area (Å²) in [5, 5.41) is 9.82. The molecule has 2 aliphatic heterocycles. The lowest BCUT2D eigenvalue weighted by molar-refractivity contribution is -0.139. The predicted molar refractivity (Wildman–Crippen MR) is 117 cm³/mol. The molecule has 1 saturated carbocycles. The van der Waals surface area contributed by atoms with Gasteiger partial charge in [-0.3, -0.25) is 4.79 Å². The summed E-state index contributed by atoms with van der Waals surface area (Å²) in [5.41, 5.74) is 6.39. The van der Waals surface area contributed by atoms with Crippen LogP contribution in [0.1, 0.15) is 63.1 Å². The van der Waals surface area contributed by atoms with Crippen LogP contribution in [0, 0.1) is 12.3 Å². The number of piperidine rings is 1. The fourth-order valence-electron chi connectivity index (χ4n) is 5.62. The number of pyridine rings is 1. The van der Waals surface area contributed by atoms with Gasteiger partial charge in [-0.1, -0.05) is 6.92 Å². The number of aromatic nitrogens is 1. The van der Waals surface area contributed by atoms with Gasteiger partial charge in [-0.15, -0.1) is 0 Å². The normalized spacial score (nSPS) is 28.9. The lowest BCUT2D eigenvalue weighted by Crippen LogP contribution is -2.50. The van der Waals surface area contributed by atoms with E-state index in [4.69, 9.17) is 15.5 Å². The molecule has 0 radical (unpaired) electrons. The fraction of sp³-hybridized carbons (Fsp3) is 0.696. The Morgan fingerprint density at radius 1 is 1.29 bits per heavy atom. The first kappa shape index (κ1) is 21.9. The number of nitrogens with two attached hydrogens (primary N) is 1. The number of anilines is 1. The van der Waals surface area contributed by atoms with Crippen LogP contribution < -0.4 is 15.4 Å². The molecule has 0 aromatic carbocycles. The Morgan fingerprint density at radius 3 is 2.71 bits per heavy atom. The second kappa shape index (κ2) is 8.65. The maximum absolute atomic E-state index is 13.6. The van der Waals surface area contributed by atoms with E-state index >= 15 is 0 Å². The molecule has 1 aliphatic carbocycles. The molecule has 170 valence electrons. The van der Waals surface area contributed by atoms with Crippen LogP contribution in [-0.4, -0.2) is 58.8 Å². The van der Waals surface area contributed by atoms with Crippen LogP contribution in [0.25, 0.3) is 0 Å². The number of aryl methyl sites for hydroxylation is 2. The number of carbonyl (C=O) groups excluding carboxylic acids is 2. The zero-order valence-corrected chi connectivity index (χ0v) is 18.6. The maximum Gasteiger partial charge on any atom is 0.410 e. The van der Waals surface area contributed by atoms with Gasteiger partial charge in [0.2, 0.25) is 5.91 Å². The molecule has 0 bridgehead atoms. The first-order valence-corrected chi connectivity index (χ1v) is 11.5. The van der Waals surface area contributed by atoms with Gasteiger partial charge < -0.3 is 25.4 Å². The number of primary amides is 1. The molecule has 3 fully saturated rings. The molecule has 8 heteroatoms. The number of hydrogen-bond acceptors (Lipinski definition) is 6. The SMILES string of the molecule is CCc1nc(N2CCC[C@@]3(CCN(C4CCC(O)CC4)C3=O)C2)cc(C)c1OC(N)=O. The molecule has 1 spiro atoms. The van der Waals surface area contributed by atoms with E-state index in [0.717, 1.165) is 69.4 Å². The summed E-state index contributed by atoms with van der Waals surface area (Å²) >= 11 is 0. The minimum atomic E-state index is -0.837. The topological polar surface area (TPSA) is 109 Å². The molecule has 1 atom stereocenters. The van der Waals surface area contributed by atoms with Crippen molar-refractivity contribution in [1.82, 2.24) is 9.88 Å². The molecule has 3 N–H and O–H groups in total. The van der Waals surface area contributed by atoms with E-state index in [9.17, 15) is 14.7 Å². The third-order valence-corrected chi connectivity index (χ3v) is 7.31. The Bertz CT molecular complexity index is 852. The van der Waals surface area contributed by atoms with Gasteiger partial charge in [0.25, 0.3) is 0 Å². The second-order valence-corrected chi connectivity index (χ2v) is 9.36. The number of hydrogen-bond donors (Lipinski definition) is 2. The molecule has 3 aliphatic rings. The van der Waals surface area contributed by atoms with Crippen molar-refractivity contribution in [3.05, 3.63) is 17.3 Å². The van der Waals surface area contributed by atoms with E-state index in [1.165, 1.54) is 0 Å². The standard InChI is InChI=1S/C23H34N4O4/c1-3-18-20(31-22(24)30)15(2)13-19(25-18)26-11-4-9-23(14-26)10-12-27(21(23)29)16-5-7-17(28)8-6-16/h13,16-17,28H,3-12,14H2,1-2H3,(H2,24,30)/t16?,17?,23-/m1/s1. The molecule has 8 nitrogen and oxygen atoms in total. The summed E-state index contributed by atoms with van der Waals surface area (Å²) in [6, 6.07) is 2.19. The van der Waals surface area contributed by atoms with Crippen molar-refractivity contribution < 1.29 is 19.4 Å². The maximum atomic E-state index is 13.6. The summed E-state index contributed by atoms with van der Waals surface area (Å²) in [5.74, 6) is 1.55. The molecule has 0 unspecified atom stereocenters. The minimum absolute atomic E-state index is 0.211. The molecule has 1 aromatic rings. The number of rotatable bonds is 4. The van der Waals surface area contributed by atoms with Crippen molar-refractivity contribution >= 4 is 17.8 Å². The van der Waals surface area contributed by atoms with Gasteiger partial charge in [-0.05, 0) is 69.9 Å². The quantitative estimate of drug-likeness (QED) is 0.760. The number of aliphatic hydroxyl groups excluding tert-OH is 1. The highest BCUT2D eigenvalue weighted by atomic mass is 16.5. The van der Waals surface area contributed by atoms with E-state index in [1.807, 2.05) is 19.9 Å². The van der Waals surface area contributed by atoms with Gasteiger partial charge in [-0.25, -0.2) is 9.78 Å². The molecular weight excluding hydrogens is 396 g/mol. The summed E-state index contributed by atoms with van der Waals surface area (Å²) in [7, 11) is 0. The Kier molecular flexibility index (Phi) is 6.10. The van der Waals surface area contributed by atoms with E-state index in [2.05, 4.69) is 9.80 Å². The molecule has 3 heterocycles. The van der Waals surface area contributed by atoms with Crippen molar-refractivity contribution in [2.75, 3.05) is 24.5 Å². The third-order valence-electron chi connectivity index (χ3n) is 7.31. The first-order chi connectivity index (χ1) is 14.8. The van der Waals surface area contributed by atoms with Crippen molar-refractivity contribution in [1.29, 1.82) is 0 Å². The predicted octanol–water partition coefficient (Wildman–Crippen LogP) is 2.53. The largest absolute Gasteiger partial charge is 0.410 e. The van der Waals surface area contributed by atoms with Gasteiger partial charge >= 0.3 is 6.09 Å². The summed E-state index contributed by atoms with van der Waals surface area (Å²) in [6.45, 7) is 6.20. The molecule has 4 rings (SSSR count). The highest BCUT2D eigenvalue weighted by Crippen LogP contribution is 2.43. The fourth-order valence-corrected chi connectivity index (χ4v) is 5.62. The zero-order valence-electron chi connectivity index (χ0n) is 18.6. The average molecular weight is 431 g/mol. The lowest BCUT2D eigenvalue weighted by atomic mass is 9.78. The number of carbonyl (C=O) groups is 2. The third kappa shape index (κ3) is 4.22. The van der Waals surface area contributed by atoms with Gasteiger partial charge in [-0.2, -0.15) is 0 Å². The Balaban J connectivity index is 1.53. The van der Waals surface area contributed by atoms with Gasteiger partial charge in [0.1, 0.15) is 5.82 Å². The van der Waals surface area contributed by atoms with Gasteiger partial charge in [0, 0.05) is 25.7 Å². The van der Waals surface area contributed by atoms with Crippen LogP contribution in [0.5, 0.6) is 5.75 Å². The molecule has 2 saturated heterocycles. The average Bonchev–Trinajstić information content (AvgIpc) is 3.05. The van der Waals surface area contributed by atoms with Gasteiger partial charge in [0.05, 0.1) is 17.2 Å². The second-order valence-electron chi connectivity index (χ2n) is 9.36.